The summed E-state index contributed by atoms with van der Waals surface area (Å²) in [7, 11) is 0. The van der Waals surface area contributed by atoms with E-state index in [4.69, 9.17) is 0 Å². The second kappa shape index (κ2) is 16.5. The summed E-state index contributed by atoms with van der Waals surface area (Å²) in [6.07, 6.45) is 26.7. The van der Waals surface area contributed by atoms with E-state index in [0.29, 0.717) is 0 Å². The molecule has 3 heteroatoms. The number of hydrogen-bond donors (Lipinski definition) is 1. The summed E-state index contributed by atoms with van der Waals surface area (Å²) in [5.74, 6) is 0. The zero-order valence-electron chi connectivity index (χ0n) is 17.5. The van der Waals surface area contributed by atoms with Crippen molar-refractivity contribution < 1.29 is 5.11 Å². The van der Waals surface area contributed by atoms with Gasteiger partial charge in [-0.25, -0.2) is 0 Å². The Labute approximate surface area is 163 Å². The summed E-state index contributed by atoms with van der Waals surface area (Å²) in [5, 5.41) is 9.70. The van der Waals surface area contributed by atoms with Gasteiger partial charge in [-0.2, -0.15) is 0 Å². The molecular formula is C23H44N2O. The number of aliphatic hydroxyl groups is 1. The zero-order chi connectivity index (χ0) is 18.9. The lowest BCUT2D eigenvalue weighted by Crippen LogP contribution is -2.37. The van der Waals surface area contributed by atoms with E-state index < -0.39 is 0 Å². The Morgan fingerprint density at radius 2 is 1.42 bits per heavy atom. The normalized spacial score (nSPS) is 19.0. The molecule has 1 aliphatic heterocycles. The quantitative estimate of drug-likeness (QED) is 0.237. The Kier molecular flexibility index (Phi) is 14.8. The van der Waals surface area contributed by atoms with Crippen molar-refractivity contribution in [2.24, 2.45) is 4.99 Å². The molecule has 0 saturated carbocycles. The smallest absolute Gasteiger partial charge is 0.106 e. The monoisotopic (exact) mass is 364 g/mol. The largest absolute Gasteiger partial charge is 0.379 e. The average molecular weight is 365 g/mol. The predicted octanol–water partition coefficient (Wildman–Crippen LogP) is 6.46. The summed E-state index contributed by atoms with van der Waals surface area (Å²) in [6, 6.07) is 0. The summed E-state index contributed by atoms with van der Waals surface area (Å²) >= 11 is 0. The van der Waals surface area contributed by atoms with Gasteiger partial charge in [0, 0.05) is 12.8 Å². The molecule has 0 fully saturated rings. The van der Waals surface area contributed by atoms with Gasteiger partial charge in [-0.1, -0.05) is 82.8 Å². The molecule has 1 rings (SSSR count). The van der Waals surface area contributed by atoms with Gasteiger partial charge in [-0.15, -0.1) is 0 Å². The maximum Gasteiger partial charge on any atom is 0.106 e. The van der Waals surface area contributed by atoms with Gasteiger partial charge < -0.3 is 5.11 Å². The van der Waals surface area contributed by atoms with Crippen LogP contribution in [0.25, 0.3) is 0 Å². The van der Waals surface area contributed by atoms with Crippen LogP contribution in [0.5, 0.6) is 0 Å². The third kappa shape index (κ3) is 11.9. The van der Waals surface area contributed by atoms with Gasteiger partial charge in [0.15, 0.2) is 0 Å². The van der Waals surface area contributed by atoms with Crippen molar-refractivity contribution >= 4 is 6.21 Å². The molecule has 1 N–H and O–H groups in total. The van der Waals surface area contributed by atoms with E-state index in [2.05, 4.69) is 29.0 Å². The highest BCUT2D eigenvalue weighted by Crippen LogP contribution is 2.18. The van der Waals surface area contributed by atoms with Gasteiger partial charge in [0.05, 0.1) is 0 Å². The van der Waals surface area contributed by atoms with Gasteiger partial charge in [-0.05, 0) is 39.5 Å². The summed E-state index contributed by atoms with van der Waals surface area (Å²) in [5.41, 5.74) is 0. The summed E-state index contributed by atoms with van der Waals surface area (Å²) in [6.45, 7) is 4.75. The van der Waals surface area contributed by atoms with Gasteiger partial charge >= 0.3 is 0 Å². The topological polar surface area (TPSA) is 35.8 Å². The minimum absolute atomic E-state index is 0.220. The molecule has 3 nitrogen and oxygen atoms in total. The van der Waals surface area contributed by atoms with Crippen molar-refractivity contribution in [3.63, 3.8) is 0 Å². The Morgan fingerprint density at radius 1 is 0.923 bits per heavy atom. The fourth-order valence-electron chi connectivity index (χ4n) is 3.81. The number of rotatable bonds is 17. The Balaban J connectivity index is 1.77. The minimum Gasteiger partial charge on any atom is -0.379 e. The van der Waals surface area contributed by atoms with E-state index in [0.717, 1.165) is 13.0 Å². The molecule has 0 saturated heterocycles. The predicted molar refractivity (Wildman–Crippen MR) is 115 cm³/mol. The van der Waals surface area contributed by atoms with Crippen LogP contribution in [-0.2, 0) is 0 Å². The molecule has 152 valence electrons. The molecule has 1 aliphatic rings. The first-order valence-electron chi connectivity index (χ1n) is 11.3. The number of aliphatic imine (C=N–C) groups is 1. The summed E-state index contributed by atoms with van der Waals surface area (Å²) < 4.78 is 0. The fraction of sp³-hybridized carbons (Fsp3) is 0.870. The van der Waals surface area contributed by atoms with Gasteiger partial charge in [0.25, 0.3) is 0 Å². The van der Waals surface area contributed by atoms with Gasteiger partial charge in [0.1, 0.15) is 12.4 Å². The highest BCUT2D eigenvalue weighted by atomic mass is 16.3. The molecule has 0 amide bonds. The maximum absolute atomic E-state index is 9.70. The van der Waals surface area contributed by atoms with Crippen LogP contribution in [0.4, 0.5) is 0 Å². The van der Waals surface area contributed by atoms with Crippen molar-refractivity contribution in [1.29, 1.82) is 0 Å². The number of nitrogens with zero attached hydrogens (tertiary/aromatic N) is 2. The number of unbranched alkanes of at least 4 members (excludes halogenated alkanes) is 13. The van der Waals surface area contributed by atoms with E-state index in [-0.39, 0.29) is 12.4 Å². The molecule has 0 radical (unpaired) electrons. The molecule has 0 aliphatic carbocycles. The lowest BCUT2D eigenvalue weighted by atomic mass is 10.0. The lowest BCUT2D eigenvalue weighted by Gasteiger charge is -2.25. The summed E-state index contributed by atoms with van der Waals surface area (Å²) in [4.78, 5) is 6.56. The van der Waals surface area contributed by atoms with E-state index >= 15 is 0 Å². The lowest BCUT2D eigenvalue weighted by molar-refractivity contribution is 0.00710. The number of aliphatic hydroxyl groups excluding tert-OH is 1. The number of allylic oxidation sites excluding steroid dienone is 2. The van der Waals surface area contributed by atoms with E-state index in [1.807, 2.05) is 13.1 Å². The molecule has 2 atom stereocenters. The second-order valence-electron chi connectivity index (χ2n) is 7.88. The third-order valence-electron chi connectivity index (χ3n) is 5.50. The van der Waals surface area contributed by atoms with E-state index in [9.17, 15) is 5.11 Å². The SMILES string of the molecule is C/C=C/CCCCCCCCCCCCCCCC1N=CCN1C(C)O. The average Bonchev–Trinajstić information content (AvgIpc) is 3.10. The molecule has 0 aromatic rings. The molecular weight excluding hydrogens is 320 g/mol. The van der Waals surface area contributed by atoms with Crippen molar-refractivity contribution in [1.82, 2.24) is 4.90 Å². The first-order valence-corrected chi connectivity index (χ1v) is 11.3. The van der Waals surface area contributed by atoms with Crippen molar-refractivity contribution in [2.45, 2.75) is 123 Å². The molecule has 26 heavy (non-hydrogen) atoms. The van der Waals surface area contributed by atoms with Crippen molar-refractivity contribution in [3.05, 3.63) is 12.2 Å². The van der Waals surface area contributed by atoms with Gasteiger partial charge in [0.2, 0.25) is 0 Å². The Hall–Kier alpha value is -0.670. The van der Waals surface area contributed by atoms with E-state index in [1.165, 1.54) is 89.9 Å². The molecule has 0 aromatic carbocycles. The minimum atomic E-state index is -0.374. The molecule has 2 unspecified atom stereocenters. The van der Waals surface area contributed by atoms with Crippen LogP contribution in [0, 0.1) is 0 Å². The van der Waals surface area contributed by atoms with Crippen LogP contribution in [0.1, 0.15) is 110 Å². The van der Waals surface area contributed by atoms with Crippen LogP contribution >= 0.6 is 0 Å². The van der Waals surface area contributed by atoms with Crippen LogP contribution in [-0.4, -0.2) is 35.2 Å². The van der Waals surface area contributed by atoms with E-state index in [1.54, 1.807) is 0 Å². The van der Waals surface area contributed by atoms with Crippen molar-refractivity contribution in [2.75, 3.05) is 6.54 Å². The van der Waals surface area contributed by atoms with Gasteiger partial charge in [-0.3, -0.25) is 9.89 Å². The van der Waals surface area contributed by atoms with Crippen LogP contribution in [0.15, 0.2) is 17.1 Å². The molecule has 0 spiro atoms. The Bertz CT molecular complexity index is 365. The number of hydrogen-bond acceptors (Lipinski definition) is 3. The highest BCUT2D eigenvalue weighted by Gasteiger charge is 2.23. The van der Waals surface area contributed by atoms with Crippen LogP contribution in [0.3, 0.4) is 0 Å². The van der Waals surface area contributed by atoms with Crippen LogP contribution in [0.2, 0.25) is 0 Å². The van der Waals surface area contributed by atoms with Crippen molar-refractivity contribution in [3.8, 4) is 0 Å². The molecule has 0 aromatic heterocycles. The first-order chi connectivity index (χ1) is 12.8. The van der Waals surface area contributed by atoms with Crippen LogP contribution < -0.4 is 0 Å². The zero-order valence-corrected chi connectivity index (χ0v) is 17.5. The highest BCUT2D eigenvalue weighted by molar-refractivity contribution is 5.62. The first kappa shape index (κ1) is 23.4. The third-order valence-corrected chi connectivity index (χ3v) is 5.50. The maximum atomic E-state index is 9.70. The molecule has 1 heterocycles. The second-order valence-corrected chi connectivity index (χ2v) is 7.88. The standard InChI is InChI=1S/C23H44N2O/c1-3-4-5-6-7-8-9-10-11-12-13-14-15-16-17-18-19-23-24-20-21-25(23)22(2)26/h3-4,20,22-23,26H,5-19,21H2,1-2H3/b4-3+. The molecule has 0 bridgehead atoms. The Morgan fingerprint density at radius 3 is 1.92 bits per heavy atom. The fourth-order valence-corrected chi connectivity index (χ4v) is 3.81.